The Morgan fingerprint density at radius 2 is 2.08 bits per heavy atom. The number of amides is 2. The molecule has 5 heteroatoms. The average Bonchev–Trinajstić information content (AvgIpc) is 2.60. The van der Waals surface area contributed by atoms with Gasteiger partial charge in [-0.25, -0.2) is 4.79 Å². The molecule has 1 unspecified atom stereocenters. The Morgan fingerprint density at radius 1 is 1.33 bits per heavy atom. The molecule has 2 amide bonds. The molecule has 0 radical (unpaired) electrons. The number of hydrogen-bond donors (Lipinski definition) is 2. The quantitative estimate of drug-likeness (QED) is 0.660. The number of rotatable bonds is 4. The highest BCUT2D eigenvalue weighted by Crippen LogP contribution is 2.35. The van der Waals surface area contributed by atoms with E-state index in [1.54, 1.807) is 24.3 Å². The fraction of sp³-hybridized carbons (Fsp3) is 0.474. The molecule has 3 heterocycles. The number of fused-ring (bicyclic) bond motifs is 3. The number of carbonyl (C=O) groups is 2. The summed E-state index contributed by atoms with van der Waals surface area (Å²) in [4.78, 5) is 25.7. The fourth-order valence-electron chi connectivity index (χ4n) is 3.71. The number of piperidine rings is 3. The molecule has 3 aliphatic heterocycles. The number of ketones is 1. The lowest BCUT2D eigenvalue weighted by Crippen LogP contribution is -2.56. The molecule has 126 valence electrons. The van der Waals surface area contributed by atoms with Crippen molar-refractivity contribution in [2.24, 2.45) is 11.8 Å². The van der Waals surface area contributed by atoms with Crippen molar-refractivity contribution in [3.05, 3.63) is 29.8 Å². The van der Waals surface area contributed by atoms with Crippen molar-refractivity contribution < 1.29 is 9.59 Å². The van der Waals surface area contributed by atoms with Crippen molar-refractivity contribution in [3.8, 4) is 12.3 Å². The van der Waals surface area contributed by atoms with Crippen LogP contribution in [-0.4, -0.2) is 42.4 Å². The van der Waals surface area contributed by atoms with Crippen LogP contribution < -0.4 is 10.6 Å². The molecule has 0 spiro atoms. The van der Waals surface area contributed by atoms with E-state index in [-0.39, 0.29) is 11.8 Å². The van der Waals surface area contributed by atoms with Crippen LogP contribution in [0.1, 0.15) is 30.1 Å². The number of hydrogen-bond acceptors (Lipinski definition) is 3. The molecule has 2 bridgehead atoms. The van der Waals surface area contributed by atoms with E-state index >= 15 is 0 Å². The van der Waals surface area contributed by atoms with Gasteiger partial charge >= 0.3 is 6.03 Å². The van der Waals surface area contributed by atoms with Crippen LogP contribution in [0.15, 0.2) is 24.3 Å². The van der Waals surface area contributed by atoms with Crippen LogP contribution in [0.25, 0.3) is 0 Å². The third-order valence-electron chi connectivity index (χ3n) is 5.14. The molecular weight excluding hydrogens is 302 g/mol. The van der Waals surface area contributed by atoms with E-state index in [1.165, 1.54) is 13.3 Å². The molecule has 5 nitrogen and oxygen atoms in total. The van der Waals surface area contributed by atoms with Crippen LogP contribution >= 0.6 is 0 Å². The Hall–Kier alpha value is -2.32. The topological polar surface area (TPSA) is 61.4 Å². The van der Waals surface area contributed by atoms with E-state index in [2.05, 4.69) is 21.5 Å². The van der Waals surface area contributed by atoms with E-state index in [9.17, 15) is 9.59 Å². The summed E-state index contributed by atoms with van der Waals surface area (Å²) in [5, 5.41) is 5.75. The van der Waals surface area contributed by atoms with Crippen molar-refractivity contribution in [2.45, 2.75) is 25.8 Å². The summed E-state index contributed by atoms with van der Waals surface area (Å²) >= 11 is 0. The number of benzene rings is 1. The lowest BCUT2D eigenvalue weighted by atomic mass is 9.76. The van der Waals surface area contributed by atoms with Crippen molar-refractivity contribution in [3.63, 3.8) is 0 Å². The summed E-state index contributed by atoms with van der Waals surface area (Å²) in [6.45, 7) is 4.17. The summed E-state index contributed by atoms with van der Waals surface area (Å²) in [6, 6.07) is 7.05. The van der Waals surface area contributed by atoms with Crippen molar-refractivity contribution >= 4 is 17.5 Å². The van der Waals surface area contributed by atoms with Crippen LogP contribution in [0.2, 0.25) is 0 Å². The fourth-order valence-corrected chi connectivity index (χ4v) is 3.71. The van der Waals surface area contributed by atoms with Crippen LogP contribution in [0.4, 0.5) is 10.5 Å². The van der Waals surface area contributed by atoms with Gasteiger partial charge in [0, 0.05) is 36.3 Å². The van der Waals surface area contributed by atoms with E-state index in [0.29, 0.717) is 35.7 Å². The first-order valence-corrected chi connectivity index (χ1v) is 8.43. The predicted molar refractivity (Wildman–Crippen MR) is 93.9 cm³/mol. The molecule has 2 N–H and O–H groups in total. The normalized spacial score (nSPS) is 28.0. The van der Waals surface area contributed by atoms with Gasteiger partial charge in [0.25, 0.3) is 0 Å². The predicted octanol–water partition coefficient (Wildman–Crippen LogP) is 2.35. The largest absolute Gasteiger partial charge is 0.336 e. The highest BCUT2D eigenvalue weighted by atomic mass is 16.2. The first-order chi connectivity index (χ1) is 11.6. The molecule has 4 rings (SSSR count). The third-order valence-corrected chi connectivity index (χ3v) is 5.14. The minimum absolute atomic E-state index is 0.0117. The summed E-state index contributed by atoms with van der Waals surface area (Å²) in [5.74, 6) is 3.87. The highest BCUT2D eigenvalue weighted by molar-refractivity contribution is 5.95. The molecule has 4 atom stereocenters. The van der Waals surface area contributed by atoms with Gasteiger partial charge in [-0.05, 0) is 56.5 Å². The second-order valence-electron chi connectivity index (χ2n) is 6.67. The maximum Gasteiger partial charge on any atom is 0.319 e. The first kappa shape index (κ1) is 16.5. The monoisotopic (exact) mass is 325 g/mol. The van der Waals surface area contributed by atoms with Gasteiger partial charge in [0.2, 0.25) is 0 Å². The number of nitrogens with zero attached hydrogens (tertiary/aromatic N) is 1. The average molecular weight is 325 g/mol. The maximum absolute atomic E-state index is 12.1. The van der Waals surface area contributed by atoms with Gasteiger partial charge < -0.3 is 10.6 Å². The molecular formula is C19H23N3O2. The SMILES string of the molecule is C#C[C@H]1CN2CC[C@@H]1C[C@@H]2CNC(=O)Nc1ccc(C(C)=O)cc1. The van der Waals surface area contributed by atoms with Crippen LogP contribution in [-0.2, 0) is 0 Å². The highest BCUT2D eigenvalue weighted by Gasteiger charge is 2.39. The van der Waals surface area contributed by atoms with E-state index < -0.39 is 0 Å². The molecule has 3 fully saturated rings. The van der Waals surface area contributed by atoms with E-state index in [0.717, 1.165) is 19.5 Å². The third kappa shape index (κ3) is 3.60. The number of Topliss-reactive ketones (excluding diaryl/α,β-unsaturated/α-hetero) is 1. The van der Waals surface area contributed by atoms with Gasteiger partial charge in [-0.2, -0.15) is 0 Å². The summed E-state index contributed by atoms with van der Waals surface area (Å²) in [7, 11) is 0. The molecule has 3 saturated heterocycles. The first-order valence-electron chi connectivity index (χ1n) is 8.43. The second kappa shape index (κ2) is 7.06. The number of terminal acetylenes is 1. The van der Waals surface area contributed by atoms with Crippen molar-refractivity contribution in [1.82, 2.24) is 10.2 Å². The summed E-state index contributed by atoms with van der Waals surface area (Å²) in [5.41, 5.74) is 1.31. The van der Waals surface area contributed by atoms with Gasteiger partial charge in [-0.1, -0.05) is 0 Å². The van der Waals surface area contributed by atoms with Gasteiger partial charge in [0.05, 0.1) is 0 Å². The lowest BCUT2D eigenvalue weighted by molar-refractivity contribution is 0.0242. The molecule has 1 aromatic rings. The standard InChI is InChI=1S/C19H23N3O2/c1-3-14-12-22-9-8-16(14)10-18(22)11-20-19(24)21-17-6-4-15(5-7-17)13(2)23/h1,4-7,14,16,18H,8-12H2,2H3,(H2,20,21,24)/t14-,16+,18+/m0/s1. The van der Waals surface area contributed by atoms with Gasteiger partial charge in [0.15, 0.2) is 5.78 Å². The van der Waals surface area contributed by atoms with Crippen molar-refractivity contribution in [2.75, 3.05) is 25.0 Å². The zero-order chi connectivity index (χ0) is 17.1. The Morgan fingerprint density at radius 3 is 2.67 bits per heavy atom. The Labute approximate surface area is 142 Å². The maximum atomic E-state index is 12.1. The Balaban J connectivity index is 1.48. The second-order valence-corrected chi connectivity index (χ2v) is 6.67. The summed E-state index contributed by atoms with van der Waals surface area (Å²) < 4.78 is 0. The molecule has 0 aliphatic carbocycles. The number of nitrogens with one attached hydrogen (secondary N) is 2. The molecule has 0 saturated carbocycles. The smallest absolute Gasteiger partial charge is 0.319 e. The Bertz CT molecular complexity index is 662. The van der Waals surface area contributed by atoms with E-state index in [1.807, 2.05) is 0 Å². The Kier molecular flexibility index (Phi) is 4.86. The molecule has 1 aromatic carbocycles. The van der Waals surface area contributed by atoms with Crippen molar-refractivity contribution in [1.29, 1.82) is 0 Å². The minimum Gasteiger partial charge on any atom is -0.336 e. The van der Waals surface area contributed by atoms with Crippen LogP contribution in [0.3, 0.4) is 0 Å². The van der Waals surface area contributed by atoms with Crippen LogP contribution in [0.5, 0.6) is 0 Å². The minimum atomic E-state index is -0.221. The molecule has 0 aromatic heterocycles. The lowest BCUT2D eigenvalue weighted by Gasteiger charge is -2.48. The number of anilines is 1. The van der Waals surface area contributed by atoms with Gasteiger partial charge in [0.1, 0.15) is 0 Å². The number of urea groups is 1. The summed E-state index contributed by atoms with van der Waals surface area (Å²) in [6.07, 6.45) is 7.82. The molecule has 3 aliphatic rings. The van der Waals surface area contributed by atoms with Crippen LogP contribution in [0, 0.1) is 24.2 Å². The molecule has 24 heavy (non-hydrogen) atoms. The van der Waals surface area contributed by atoms with Gasteiger partial charge in [-0.15, -0.1) is 12.3 Å². The number of carbonyl (C=O) groups excluding carboxylic acids is 2. The zero-order valence-electron chi connectivity index (χ0n) is 13.9. The zero-order valence-corrected chi connectivity index (χ0v) is 13.9. The van der Waals surface area contributed by atoms with E-state index in [4.69, 9.17) is 6.42 Å². The van der Waals surface area contributed by atoms with Gasteiger partial charge in [-0.3, -0.25) is 9.69 Å².